The second kappa shape index (κ2) is 5.06. The zero-order valence-corrected chi connectivity index (χ0v) is 10.0. The summed E-state index contributed by atoms with van der Waals surface area (Å²) in [6, 6.07) is 4.70. The Hall–Kier alpha value is -2.42. The molecule has 1 aromatic rings. The molecule has 2 N–H and O–H groups in total. The predicted octanol–water partition coefficient (Wildman–Crippen LogP) is 1.89. The number of rotatable bonds is 3. The molecule has 1 aliphatic rings. The Balaban J connectivity index is 2.35. The highest BCUT2D eigenvalue weighted by Gasteiger charge is 2.37. The zero-order chi connectivity index (χ0) is 14.0. The van der Waals surface area contributed by atoms with Gasteiger partial charge in [0.1, 0.15) is 11.9 Å². The predicted molar refractivity (Wildman–Crippen MR) is 65.1 cm³/mol. The molecule has 19 heavy (non-hydrogen) atoms. The number of carbonyl (C=O) groups is 1. The van der Waals surface area contributed by atoms with E-state index in [4.69, 9.17) is 15.8 Å². The van der Waals surface area contributed by atoms with E-state index < -0.39 is 23.9 Å². The van der Waals surface area contributed by atoms with Gasteiger partial charge in [0.15, 0.2) is 0 Å². The van der Waals surface area contributed by atoms with Crippen LogP contribution < -0.4 is 0 Å². The molecular weight excluding hydrogens is 249 g/mol. The van der Waals surface area contributed by atoms with Crippen LogP contribution in [0.2, 0.25) is 0 Å². The van der Waals surface area contributed by atoms with Crippen LogP contribution in [0, 0.1) is 22.6 Å². The third kappa shape index (κ3) is 2.27. The minimum Gasteiger partial charge on any atom is -0.480 e. The van der Waals surface area contributed by atoms with Crippen molar-refractivity contribution in [3.8, 4) is 6.07 Å². The van der Waals surface area contributed by atoms with Crippen molar-refractivity contribution in [3.05, 3.63) is 35.1 Å². The summed E-state index contributed by atoms with van der Waals surface area (Å²) in [5.41, 5.74) is 0.543. The highest BCUT2D eigenvalue weighted by Crippen LogP contribution is 2.36. The second-order valence-corrected chi connectivity index (χ2v) is 4.37. The Morgan fingerprint density at radius 2 is 2.32 bits per heavy atom. The maximum atomic E-state index is 13.9. The molecule has 1 aromatic carbocycles. The molecule has 98 valence electrons. The van der Waals surface area contributed by atoms with E-state index in [0.29, 0.717) is 18.4 Å². The van der Waals surface area contributed by atoms with Gasteiger partial charge in [-0.25, -0.2) is 9.18 Å². The van der Waals surface area contributed by atoms with Gasteiger partial charge >= 0.3 is 5.97 Å². The van der Waals surface area contributed by atoms with Crippen molar-refractivity contribution < 1.29 is 14.3 Å². The molecule has 5 nitrogen and oxygen atoms in total. The van der Waals surface area contributed by atoms with Crippen LogP contribution >= 0.6 is 0 Å². The maximum absolute atomic E-state index is 13.9. The number of nitrogens with one attached hydrogen (secondary N) is 1. The molecule has 0 spiro atoms. The molecule has 1 unspecified atom stereocenters. The lowest BCUT2D eigenvalue weighted by Gasteiger charge is -2.25. The first kappa shape index (κ1) is 13.0. The van der Waals surface area contributed by atoms with Crippen LogP contribution in [0.4, 0.5) is 4.39 Å². The van der Waals surface area contributed by atoms with E-state index in [1.54, 1.807) is 0 Å². The quantitative estimate of drug-likeness (QED) is 0.642. The van der Waals surface area contributed by atoms with Crippen LogP contribution in [-0.4, -0.2) is 28.4 Å². The minimum absolute atomic E-state index is 0.218. The number of hydrogen-bond donors (Lipinski definition) is 2. The second-order valence-electron chi connectivity index (χ2n) is 4.37. The van der Waals surface area contributed by atoms with E-state index in [1.807, 2.05) is 6.07 Å². The lowest BCUT2D eigenvalue weighted by Crippen LogP contribution is -2.36. The molecule has 0 bridgehead atoms. The smallest absolute Gasteiger partial charge is 0.326 e. The summed E-state index contributed by atoms with van der Waals surface area (Å²) >= 11 is 0. The van der Waals surface area contributed by atoms with Crippen molar-refractivity contribution in [2.45, 2.75) is 24.9 Å². The van der Waals surface area contributed by atoms with E-state index in [2.05, 4.69) is 0 Å². The fourth-order valence-electron chi connectivity index (χ4n) is 2.45. The van der Waals surface area contributed by atoms with Crippen LogP contribution in [-0.2, 0) is 4.79 Å². The van der Waals surface area contributed by atoms with Crippen LogP contribution in [0.15, 0.2) is 18.2 Å². The number of carboxylic acids is 1. The summed E-state index contributed by atoms with van der Waals surface area (Å²) in [5.74, 6) is -1.55. The first-order chi connectivity index (χ1) is 9.08. The topological polar surface area (TPSA) is 88.2 Å². The zero-order valence-electron chi connectivity index (χ0n) is 10.0. The van der Waals surface area contributed by atoms with Gasteiger partial charge in [0.2, 0.25) is 0 Å². The SMILES string of the molecule is N#Cc1ccc([C@H]2CCC(C(=O)O)N2C=N)c(F)c1. The summed E-state index contributed by atoms with van der Waals surface area (Å²) in [7, 11) is 0. The summed E-state index contributed by atoms with van der Waals surface area (Å²) in [6.45, 7) is 0. The van der Waals surface area contributed by atoms with E-state index >= 15 is 0 Å². The number of nitrogens with zero attached hydrogens (tertiary/aromatic N) is 2. The molecule has 0 amide bonds. The molecule has 2 rings (SSSR count). The van der Waals surface area contributed by atoms with Gasteiger partial charge in [-0.1, -0.05) is 6.07 Å². The minimum atomic E-state index is -1.01. The van der Waals surface area contributed by atoms with Crippen LogP contribution in [0.1, 0.15) is 30.0 Å². The van der Waals surface area contributed by atoms with Gasteiger partial charge in [-0.3, -0.25) is 5.41 Å². The normalized spacial score (nSPS) is 22.0. The van der Waals surface area contributed by atoms with E-state index in [0.717, 1.165) is 12.4 Å². The number of carboxylic acid groups (broad SMARTS) is 1. The Kier molecular flexibility index (Phi) is 3.47. The highest BCUT2D eigenvalue weighted by molar-refractivity contribution is 5.77. The molecule has 0 aliphatic carbocycles. The molecule has 1 heterocycles. The van der Waals surface area contributed by atoms with Crippen molar-refractivity contribution in [2.75, 3.05) is 0 Å². The van der Waals surface area contributed by atoms with Crippen molar-refractivity contribution in [3.63, 3.8) is 0 Å². The van der Waals surface area contributed by atoms with Gasteiger partial charge in [0.25, 0.3) is 0 Å². The molecule has 1 aliphatic heterocycles. The van der Waals surface area contributed by atoms with Crippen LogP contribution in [0.5, 0.6) is 0 Å². The molecule has 1 fully saturated rings. The summed E-state index contributed by atoms with van der Waals surface area (Å²) in [6.07, 6.45) is 1.78. The van der Waals surface area contributed by atoms with Gasteiger partial charge in [0.05, 0.1) is 24.0 Å². The average molecular weight is 261 g/mol. The van der Waals surface area contributed by atoms with Gasteiger partial charge < -0.3 is 10.0 Å². The summed E-state index contributed by atoms with van der Waals surface area (Å²) < 4.78 is 13.9. The number of nitriles is 1. The Labute approximate surface area is 109 Å². The highest BCUT2D eigenvalue weighted by atomic mass is 19.1. The number of hydrogen-bond acceptors (Lipinski definition) is 3. The maximum Gasteiger partial charge on any atom is 0.326 e. The fraction of sp³-hybridized carbons (Fsp3) is 0.308. The van der Waals surface area contributed by atoms with Crippen molar-refractivity contribution in [1.82, 2.24) is 4.90 Å². The van der Waals surface area contributed by atoms with Crippen molar-refractivity contribution in [1.29, 1.82) is 10.7 Å². The third-order valence-electron chi connectivity index (χ3n) is 3.36. The van der Waals surface area contributed by atoms with Gasteiger partial charge in [0, 0.05) is 5.56 Å². The number of benzene rings is 1. The largest absolute Gasteiger partial charge is 0.480 e. The van der Waals surface area contributed by atoms with Crippen LogP contribution in [0.3, 0.4) is 0 Å². The first-order valence-electron chi connectivity index (χ1n) is 5.79. The molecule has 0 aromatic heterocycles. The van der Waals surface area contributed by atoms with Gasteiger partial charge in [-0.05, 0) is 25.0 Å². The van der Waals surface area contributed by atoms with E-state index in [-0.39, 0.29) is 5.56 Å². The first-order valence-corrected chi connectivity index (χ1v) is 5.79. The molecule has 1 saturated heterocycles. The summed E-state index contributed by atoms with van der Waals surface area (Å²) in [5, 5.41) is 25.1. The van der Waals surface area contributed by atoms with Crippen molar-refractivity contribution >= 4 is 12.3 Å². The average Bonchev–Trinajstić information content (AvgIpc) is 2.82. The molecular formula is C13H12FN3O2. The van der Waals surface area contributed by atoms with E-state index in [1.165, 1.54) is 17.0 Å². The Bertz CT molecular complexity index is 567. The summed E-state index contributed by atoms with van der Waals surface area (Å²) in [4.78, 5) is 12.4. The Morgan fingerprint density at radius 3 is 2.84 bits per heavy atom. The van der Waals surface area contributed by atoms with Crippen LogP contribution in [0.25, 0.3) is 0 Å². The monoisotopic (exact) mass is 261 g/mol. The molecule has 0 saturated carbocycles. The number of likely N-dealkylation sites (tertiary alicyclic amines) is 1. The Morgan fingerprint density at radius 1 is 1.58 bits per heavy atom. The molecule has 6 heteroatoms. The number of aliphatic carboxylic acids is 1. The van der Waals surface area contributed by atoms with Crippen molar-refractivity contribution in [2.24, 2.45) is 0 Å². The standard InChI is InChI=1S/C13H12FN3O2/c14-10-5-8(6-15)1-2-9(10)11-3-4-12(13(18)19)17(11)7-16/h1-2,5,7,11-12,16H,3-4H2,(H,18,19)/t11-,12?/m1/s1. The van der Waals surface area contributed by atoms with Gasteiger partial charge in [-0.15, -0.1) is 0 Å². The number of halogens is 1. The molecule has 2 atom stereocenters. The molecule has 0 radical (unpaired) electrons. The lowest BCUT2D eigenvalue weighted by atomic mass is 10.0. The fourth-order valence-corrected chi connectivity index (χ4v) is 2.45. The lowest BCUT2D eigenvalue weighted by molar-refractivity contribution is -0.141. The van der Waals surface area contributed by atoms with Gasteiger partial charge in [-0.2, -0.15) is 5.26 Å². The van der Waals surface area contributed by atoms with E-state index in [9.17, 15) is 9.18 Å². The third-order valence-corrected chi connectivity index (χ3v) is 3.36.